The lowest BCUT2D eigenvalue weighted by molar-refractivity contribution is -0.128. The lowest BCUT2D eigenvalue weighted by atomic mass is 10.00. The first-order chi connectivity index (χ1) is 11.1. The molecule has 5 nitrogen and oxygen atoms in total. The topological polar surface area (TPSA) is 61.4 Å². The highest BCUT2D eigenvalue weighted by molar-refractivity contribution is 5.94. The van der Waals surface area contributed by atoms with Crippen molar-refractivity contribution in [1.82, 2.24) is 15.5 Å². The third-order valence-electron chi connectivity index (χ3n) is 4.72. The fourth-order valence-corrected chi connectivity index (χ4v) is 3.38. The molecular formula is C18H26ClN3O2. The van der Waals surface area contributed by atoms with Crippen LogP contribution in [0.15, 0.2) is 24.3 Å². The summed E-state index contributed by atoms with van der Waals surface area (Å²) in [7, 11) is 0. The van der Waals surface area contributed by atoms with E-state index < -0.39 is 0 Å². The summed E-state index contributed by atoms with van der Waals surface area (Å²) in [5.41, 5.74) is 1.76. The van der Waals surface area contributed by atoms with Crippen LogP contribution < -0.4 is 10.6 Å². The average Bonchev–Trinajstić information content (AvgIpc) is 2.93. The van der Waals surface area contributed by atoms with Gasteiger partial charge in [-0.1, -0.05) is 12.1 Å². The SMILES string of the molecule is CC1CC(NC(=O)c2ccc(CN3CCCC3=O)cc2)CCN1.Cl. The molecule has 132 valence electrons. The van der Waals surface area contributed by atoms with E-state index in [0.717, 1.165) is 37.9 Å². The highest BCUT2D eigenvalue weighted by Gasteiger charge is 2.21. The number of nitrogens with zero attached hydrogens (tertiary/aromatic N) is 1. The minimum Gasteiger partial charge on any atom is -0.349 e. The molecular weight excluding hydrogens is 326 g/mol. The number of halogens is 1. The summed E-state index contributed by atoms with van der Waals surface area (Å²) in [6.07, 6.45) is 3.56. The highest BCUT2D eigenvalue weighted by atomic mass is 35.5. The lowest BCUT2D eigenvalue weighted by Crippen LogP contribution is -2.46. The highest BCUT2D eigenvalue weighted by Crippen LogP contribution is 2.15. The molecule has 2 N–H and O–H groups in total. The van der Waals surface area contributed by atoms with E-state index in [9.17, 15) is 9.59 Å². The Balaban J connectivity index is 0.00000208. The predicted molar refractivity (Wildman–Crippen MR) is 96.3 cm³/mol. The van der Waals surface area contributed by atoms with Gasteiger partial charge in [0.25, 0.3) is 5.91 Å². The van der Waals surface area contributed by atoms with Crippen molar-refractivity contribution in [1.29, 1.82) is 0 Å². The summed E-state index contributed by atoms with van der Waals surface area (Å²) >= 11 is 0. The first-order valence-electron chi connectivity index (χ1n) is 8.53. The first-order valence-corrected chi connectivity index (χ1v) is 8.53. The van der Waals surface area contributed by atoms with Gasteiger partial charge in [0.2, 0.25) is 5.91 Å². The van der Waals surface area contributed by atoms with Crippen molar-refractivity contribution in [2.45, 2.75) is 51.2 Å². The van der Waals surface area contributed by atoms with Gasteiger partial charge in [0, 0.05) is 37.2 Å². The van der Waals surface area contributed by atoms with E-state index in [1.807, 2.05) is 29.2 Å². The Kier molecular flexibility index (Phi) is 6.63. The van der Waals surface area contributed by atoms with E-state index in [-0.39, 0.29) is 30.3 Å². The van der Waals surface area contributed by atoms with Crippen molar-refractivity contribution in [2.24, 2.45) is 0 Å². The van der Waals surface area contributed by atoms with Gasteiger partial charge in [-0.3, -0.25) is 9.59 Å². The zero-order valence-electron chi connectivity index (χ0n) is 14.1. The zero-order valence-corrected chi connectivity index (χ0v) is 14.9. The molecule has 2 fully saturated rings. The number of carbonyl (C=O) groups excluding carboxylic acids is 2. The maximum Gasteiger partial charge on any atom is 0.251 e. The Hall–Kier alpha value is -1.59. The molecule has 0 bridgehead atoms. The number of amides is 2. The predicted octanol–water partition coefficient (Wildman–Crippen LogP) is 2.10. The third kappa shape index (κ3) is 4.71. The summed E-state index contributed by atoms with van der Waals surface area (Å²) in [4.78, 5) is 25.9. The second kappa shape index (κ2) is 8.49. The normalized spacial score (nSPS) is 23.7. The molecule has 2 atom stereocenters. The van der Waals surface area contributed by atoms with Gasteiger partial charge >= 0.3 is 0 Å². The van der Waals surface area contributed by atoms with Crippen LogP contribution in [0, 0.1) is 0 Å². The number of rotatable bonds is 4. The van der Waals surface area contributed by atoms with Gasteiger partial charge in [0.15, 0.2) is 0 Å². The standard InChI is InChI=1S/C18H25N3O2.ClH/c1-13-11-16(8-9-19-13)20-18(23)15-6-4-14(5-7-15)12-21-10-2-3-17(21)22;/h4-7,13,16,19H,2-3,8-12H2,1H3,(H,20,23);1H. The quantitative estimate of drug-likeness (QED) is 0.873. The molecule has 3 rings (SSSR count). The van der Waals surface area contributed by atoms with Gasteiger partial charge in [0.05, 0.1) is 0 Å². The van der Waals surface area contributed by atoms with Crippen LogP contribution in [0.4, 0.5) is 0 Å². The molecule has 2 heterocycles. The maximum atomic E-state index is 12.3. The van der Waals surface area contributed by atoms with E-state index in [2.05, 4.69) is 17.6 Å². The molecule has 0 aliphatic carbocycles. The Bertz CT molecular complexity index is 576. The van der Waals surface area contributed by atoms with Crippen molar-refractivity contribution in [3.63, 3.8) is 0 Å². The second-order valence-corrected chi connectivity index (χ2v) is 6.67. The zero-order chi connectivity index (χ0) is 16.2. The van der Waals surface area contributed by atoms with E-state index in [4.69, 9.17) is 0 Å². The van der Waals surface area contributed by atoms with E-state index >= 15 is 0 Å². The second-order valence-electron chi connectivity index (χ2n) is 6.67. The van der Waals surface area contributed by atoms with Gasteiger partial charge in [-0.05, 0) is 50.4 Å². The summed E-state index contributed by atoms with van der Waals surface area (Å²) < 4.78 is 0. The Morgan fingerprint density at radius 3 is 2.71 bits per heavy atom. The van der Waals surface area contributed by atoms with E-state index in [1.54, 1.807) is 0 Å². The Morgan fingerprint density at radius 2 is 2.08 bits per heavy atom. The largest absolute Gasteiger partial charge is 0.349 e. The smallest absolute Gasteiger partial charge is 0.251 e. The van der Waals surface area contributed by atoms with Crippen LogP contribution in [0.25, 0.3) is 0 Å². The molecule has 2 saturated heterocycles. The molecule has 2 aliphatic rings. The minimum atomic E-state index is -0.00658. The fraction of sp³-hybridized carbons (Fsp3) is 0.556. The maximum absolute atomic E-state index is 12.3. The van der Waals surface area contributed by atoms with Gasteiger partial charge < -0.3 is 15.5 Å². The number of hydrogen-bond donors (Lipinski definition) is 2. The monoisotopic (exact) mass is 351 g/mol. The van der Waals surface area contributed by atoms with Crippen LogP contribution in [0.1, 0.15) is 48.5 Å². The van der Waals surface area contributed by atoms with E-state index in [0.29, 0.717) is 24.6 Å². The molecule has 0 spiro atoms. The van der Waals surface area contributed by atoms with Crippen LogP contribution in [0.2, 0.25) is 0 Å². The van der Waals surface area contributed by atoms with Crippen LogP contribution in [0.5, 0.6) is 0 Å². The molecule has 0 aromatic heterocycles. The Labute approximate surface area is 149 Å². The lowest BCUT2D eigenvalue weighted by Gasteiger charge is -2.28. The van der Waals surface area contributed by atoms with Crippen LogP contribution >= 0.6 is 12.4 Å². The van der Waals surface area contributed by atoms with Crippen molar-refractivity contribution in [3.05, 3.63) is 35.4 Å². The molecule has 0 radical (unpaired) electrons. The first kappa shape index (κ1) is 18.7. The molecule has 1 aromatic carbocycles. The number of carbonyl (C=O) groups is 2. The molecule has 0 saturated carbocycles. The number of likely N-dealkylation sites (tertiary alicyclic amines) is 1. The van der Waals surface area contributed by atoms with Gasteiger partial charge in [-0.25, -0.2) is 0 Å². The van der Waals surface area contributed by atoms with Gasteiger partial charge in [-0.15, -0.1) is 12.4 Å². The number of nitrogens with one attached hydrogen (secondary N) is 2. The van der Waals surface area contributed by atoms with Crippen molar-refractivity contribution >= 4 is 24.2 Å². The van der Waals surface area contributed by atoms with Gasteiger partial charge in [-0.2, -0.15) is 0 Å². The van der Waals surface area contributed by atoms with Crippen molar-refractivity contribution in [2.75, 3.05) is 13.1 Å². The summed E-state index contributed by atoms with van der Waals surface area (Å²) in [6.45, 7) is 4.59. The van der Waals surface area contributed by atoms with Gasteiger partial charge in [0.1, 0.15) is 0 Å². The molecule has 6 heteroatoms. The van der Waals surface area contributed by atoms with Crippen molar-refractivity contribution in [3.8, 4) is 0 Å². The number of piperidine rings is 1. The summed E-state index contributed by atoms with van der Waals surface area (Å²) in [5.74, 6) is 0.222. The van der Waals surface area contributed by atoms with E-state index in [1.165, 1.54) is 0 Å². The van der Waals surface area contributed by atoms with Crippen molar-refractivity contribution < 1.29 is 9.59 Å². The molecule has 24 heavy (non-hydrogen) atoms. The molecule has 2 unspecified atom stereocenters. The van der Waals surface area contributed by atoms with Crippen LogP contribution in [0.3, 0.4) is 0 Å². The average molecular weight is 352 g/mol. The number of benzene rings is 1. The third-order valence-corrected chi connectivity index (χ3v) is 4.72. The molecule has 2 amide bonds. The van der Waals surface area contributed by atoms with Crippen LogP contribution in [-0.2, 0) is 11.3 Å². The summed E-state index contributed by atoms with van der Waals surface area (Å²) in [6, 6.07) is 8.32. The Morgan fingerprint density at radius 1 is 1.33 bits per heavy atom. The number of hydrogen-bond acceptors (Lipinski definition) is 3. The van der Waals surface area contributed by atoms with Crippen LogP contribution in [-0.4, -0.2) is 41.9 Å². The summed E-state index contributed by atoms with van der Waals surface area (Å²) in [5, 5.41) is 6.51. The minimum absolute atomic E-state index is 0. The fourth-order valence-electron chi connectivity index (χ4n) is 3.38. The molecule has 2 aliphatic heterocycles. The molecule has 1 aromatic rings.